The van der Waals surface area contributed by atoms with E-state index in [9.17, 15) is 13.2 Å². The molecule has 0 radical (unpaired) electrons. The van der Waals surface area contributed by atoms with Crippen LogP contribution in [-0.4, -0.2) is 0 Å². The van der Waals surface area contributed by atoms with Gasteiger partial charge in [0.25, 0.3) is 0 Å². The van der Waals surface area contributed by atoms with E-state index in [2.05, 4.69) is 15.9 Å². The van der Waals surface area contributed by atoms with E-state index in [4.69, 9.17) is 5.73 Å². The van der Waals surface area contributed by atoms with E-state index in [1.165, 1.54) is 0 Å². The van der Waals surface area contributed by atoms with Crippen molar-refractivity contribution in [2.24, 2.45) is 5.73 Å². The molecule has 1 aromatic rings. The van der Waals surface area contributed by atoms with Crippen LogP contribution in [0.5, 0.6) is 0 Å². The summed E-state index contributed by atoms with van der Waals surface area (Å²) >= 11 is 3.11. The highest BCUT2D eigenvalue weighted by atomic mass is 79.9. The Kier molecular flexibility index (Phi) is 3.01. The maximum Gasteiger partial charge on any atom is 0.416 e. The minimum absolute atomic E-state index is 0.280. The van der Waals surface area contributed by atoms with Crippen LogP contribution in [0.25, 0.3) is 0 Å². The van der Waals surface area contributed by atoms with Crippen LogP contribution in [-0.2, 0) is 12.6 Å². The number of halogens is 4. The Morgan fingerprint density at radius 1 is 1.31 bits per heavy atom. The zero-order chi connectivity index (χ0) is 11.9. The van der Waals surface area contributed by atoms with Gasteiger partial charge in [0.1, 0.15) is 0 Å². The second-order valence-electron chi connectivity index (χ2n) is 4.02. The van der Waals surface area contributed by atoms with Gasteiger partial charge in [-0.3, -0.25) is 0 Å². The third-order valence-corrected chi connectivity index (χ3v) is 3.33. The van der Waals surface area contributed by atoms with E-state index < -0.39 is 17.8 Å². The molecule has 0 amide bonds. The van der Waals surface area contributed by atoms with Crippen LogP contribution in [0.1, 0.15) is 35.6 Å². The van der Waals surface area contributed by atoms with E-state index in [0.717, 1.165) is 18.1 Å². The Bertz CT molecular complexity index is 414. The third-order valence-electron chi connectivity index (χ3n) is 2.87. The van der Waals surface area contributed by atoms with Crippen LogP contribution < -0.4 is 5.73 Å². The first kappa shape index (κ1) is 11.9. The Morgan fingerprint density at radius 2 is 2.00 bits per heavy atom. The topological polar surface area (TPSA) is 26.0 Å². The van der Waals surface area contributed by atoms with Gasteiger partial charge in [0.05, 0.1) is 5.56 Å². The van der Waals surface area contributed by atoms with Gasteiger partial charge in [-0.2, -0.15) is 13.2 Å². The molecule has 0 saturated heterocycles. The fourth-order valence-corrected chi connectivity index (χ4v) is 2.72. The number of rotatable bonds is 0. The summed E-state index contributed by atoms with van der Waals surface area (Å²) in [7, 11) is 0. The molecule has 5 heteroatoms. The molecule has 88 valence electrons. The van der Waals surface area contributed by atoms with Crippen LogP contribution >= 0.6 is 15.9 Å². The van der Waals surface area contributed by atoms with Crippen molar-refractivity contribution < 1.29 is 13.2 Å². The first-order valence-electron chi connectivity index (χ1n) is 5.04. The monoisotopic (exact) mass is 293 g/mol. The van der Waals surface area contributed by atoms with Crippen molar-refractivity contribution >= 4 is 15.9 Å². The van der Waals surface area contributed by atoms with Crippen molar-refractivity contribution in [1.82, 2.24) is 0 Å². The summed E-state index contributed by atoms with van der Waals surface area (Å²) < 4.78 is 39.0. The molecule has 1 atom stereocenters. The first-order chi connectivity index (χ1) is 7.39. The molecule has 2 N–H and O–H groups in total. The molecule has 16 heavy (non-hydrogen) atoms. The molecule has 2 rings (SSSR count). The summed E-state index contributed by atoms with van der Waals surface area (Å²) in [6.07, 6.45) is -2.19. The van der Waals surface area contributed by atoms with Gasteiger partial charge in [0, 0.05) is 10.5 Å². The zero-order valence-corrected chi connectivity index (χ0v) is 10.0. The molecule has 1 aliphatic rings. The predicted molar refractivity (Wildman–Crippen MR) is 59.0 cm³/mol. The SMILES string of the molecule is NC1CCCc2cc(Br)cc(C(F)(F)F)c21. The van der Waals surface area contributed by atoms with Crippen molar-refractivity contribution in [3.63, 3.8) is 0 Å². The Hall–Kier alpha value is -0.550. The van der Waals surface area contributed by atoms with Gasteiger partial charge in [-0.15, -0.1) is 0 Å². The summed E-state index contributed by atoms with van der Waals surface area (Å²) in [5.41, 5.74) is 6.19. The number of alkyl halides is 3. The fraction of sp³-hybridized carbons (Fsp3) is 0.455. The highest BCUT2D eigenvalue weighted by Crippen LogP contribution is 2.41. The average Bonchev–Trinajstić information content (AvgIpc) is 2.15. The minimum atomic E-state index is -4.33. The third kappa shape index (κ3) is 2.11. The summed E-state index contributed by atoms with van der Waals surface area (Å²) in [6.45, 7) is 0. The standard InChI is InChI=1S/C11H11BrF3N/c12-7-4-6-2-1-3-9(16)10(6)8(5-7)11(13,14)15/h4-5,9H,1-3,16H2. The smallest absolute Gasteiger partial charge is 0.324 e. The molecule has 0 spiro atoms. The van der Waals surface area contributed by atoms with E-state index in [-0.39, 0.29) is 5.56 Å². The average molecular weight is 294 g/mol. The molecule has 0 fully saturated rings. The lowest BCUT2D eigenvalue weighted by Crippen LogP contribution is -2.23. The van der Waals surface area contributed by atoms with Gasteiger partial charge < -0.3 is 5.73 Å². The van der Waals surface area contributed by atoms with Gasteiger partial charge in [-0.25, -0.2) is 0 Å². The maximum absolute atomic E-state index is 12.9. The Morgan fingerprint density at radius 3 is 2.62 bits per heavy atom. The summed E-state index contributed by atoms with van der Waals surface area (Å²) in [4.78, 5) is 0. The highest BCUT2D eigenvalue weighted by molar-refractivity contribution is 9.10. The van der Waals surface area contributed by atoms with Crippen LogP contribution in [0.2, 0.25) is 0 Å². The number of aryl methyl sites for hydroxylation is 1. The van der Waals surface area contributed by atoms with E-state index in [1.807, 2.05) is 0 Å². The summed E-state index contributed by atoms with van der Waals surface area (Å²) in [6, 6.07) is 2.36. The number of nitrogens with two attached hydrogens (primary N) is 1. The lowest BCUT2D eigenvalue weighted by Gasteiger charge is -2.26. The van der Waals surface area contributed by atoms with Crippen molar-refractivity contribution in [1.29, 1.82) is 0 Å². The Labute approximate surface area is 100.0 Å². The second-order valence-corrected chi connectivity index (χ2v) is 4.94. The van der Waals surface area contributed by atoms with Crippen molar-refractivity contribution in [3.8, 4) is 0 Å². The number of fused-ring (bicyclic) bond motifs is 1. The van der Waals surface area contributed by atoms with Crippen LogP contribution in [0.3, 0.4) is 0 Å². The molecule has 1 aromatic carbocycles. The molecule has 0 aromatic heterocycles. The quantitative estimate of drug-likeness (QED) is 0.773. The van der Waals surface area contributed by atoms with Gasteiger partial charge in [-0.05, 0) is 42.5 Å². The van der Waals surface area contributed by atoms with Crippen LogP contribution in [0, 0.1) is 0 Å². The normalized spacial score (nSPS) is 20.7. The van der Waals surface area contributed by atoms with E-state index >= 15 is 0 Å². The minimum Gasteiger partial charge on any atom is -0.324 e. The first-order valence-corrected chi connectivity index (χ1v) is 5.84. The van der Waals surface area contributed by atoms with Gasteiger partial charge in [0.15, 0.2) is 0 Å². The Balaban J connectivity index is 2.64. The predicted octanol–water partition coefficient (Wildman–Crippen LogP) is 3.80. The molecular weight excluding hydrogens is 283 g/mol. The molecular formula is C11H11BrF3N. The van der Waals surface area contributed by atoms with Gasteiger partial charge >= 0.3 is 6.18 Å². The summed E-state index contributed by atoms with van der Waals surface area (Å²) in [5, 5.41) is 0. The molecule has 1 unspecified atom stereocenters. The number of hydrogen-bond acceptors (Lipinski definition) is 1. The van der Waals surface area contributed by atoms with E-state index in [1.54, 1.807) is 6.07 Å². The van der Waals surface area contributed by atoms with Crippen LogP contribution in [0.15, 0.2) is 16.6 Å². The van der Waals surface area contributed by atoms with E-state index in [0.29, 0.717) is 17.3 Å². The fourth-order valence-electron chi connectivity index (χ4n) is 2.21. The second kappa shape index (κ2) is 4.04. The molecule has 1 aliphatic carbocycles. The summed E-state index contributed by atoms with van der Waals surface area (Å²) in [5.74, 6) is 0. The van der Waals surface area contributed by atoms with Crippen molar-refractivity contribution in [2.45, 2.75) is 31.5 Å². The van der Waals surface area contributed by atoms with Crippen molar-refractivity contribution in [3.05, 3.63) is 33.3 Å². The number of hydrogen-bond donors (Lipinski definition) is 1. The van der Waals surface area contributed by atoms with Crippen LogP contribution in [0.4, 0.5) is 13.2 Å². The van der Waals surface area contributed by atoms with Gasteiger partial charge in [-0.1, -0.05) is 15.9 Å². The maximum atomic E-state index is 12.9. The molecule has 0 aliphatic heterocycles. The zero-order valence-electron chi connectivity index (χ0n) is 8.44. The van der Waals surface area contributed by atoms with Crippen molar-refractivity contribution in [2.75, 3.05) is 0 Å². The highest BCUT2D eigenvalue weighted by Gasteiger charge is 2.37. The molecule has 1 nitrogen and oxygen atoms in total. The molecule has 0 bridgehead atoms. The molecule has 0 heterocycles. The largest absolute Gasteiger partial charge is 0.416 e. The molecule has 0 saturated carbocycles. The lowest BCUT2D eigenvalue weighted by atomic mass is 9.85. The van der Waals surface area contributed by atoms with Gasteiger partial charge in [0.2, 0.25) is 0 Å². The lowest BCUT2D eigenvalue weighted by molar-refractivity contribution is -0.138. The number of benzene rings is 1.